The molecule has 1 amide bonds. The standard InChI is InChI=1S/C15H14BrClN2O2/c1-8-4-11(16)7-12(21-3)14(8)19-15(20)10-5-9(2)18-13(17)6-10/h4-7H,1-3H3,(H,19,20). The molecule has 6 heteroatoms. The quantitative estimate of drug-likeness (QED) is 0.817. The summed E-state index contributed by atoms with van der Waals surface area (Å²) in [4.78, 5) is 16.4. The number of pyridine rings is 1. The maximum Gasteiger partial charge on any atom is 0.255 e. The Balaban J connectivity index is 2.35. The molecule has 0 aliphatic heterocycles. The monoisotopic (exact) mass is 368 g/mol. The van der Waals surface area contributed by atoms with Gasteiger partial charge in [-0.1, -0.05) is 27.5 Å². The highest BCUT2D eigenvalue weighted by molar-refractivity contribution is 9.10. The summed E-state index contributed by atoms with van der Waals surface area (Å²) in [5, 5.41) is 3.15. The van der Waals surface area contributed by atoms with Crippen LogP contribution in [0.1, 0.15) is 21.6 Å². The summed E-state index contributed by atoms with van der Waals surface area (Å²) < 4.78 is 6.19. The van der Waals surface area contributed by atoms with Gasteiger partial charge < -0.3 is 10.1 Å². The van der Waals surface area contributed by atoms with E-state index in [4.69, 9.17) is 16.3 Å². The highest BCUT2D eigenvalue weighted by atomic mass is 79.9. The average molecular weight is 370 g/mol. The van der Waals surface area contributed by atoms with Crippen molar-refractivity contribution in [3.63, 3.8) is 0 Å². The van der Waals surface area contributed by atoms with Gasteiger partial charge in [-0.3, -0.25) is 4.79 Å². The first kappa shape index (κ1) is 15.8. The van der Waals surface area contributed by atoms with E-state index in [0.29, 0.717) is 27.8 Å². The Morgan fingerprint density at radius 2 is 2.00 bits per heavy atom. The molecule has 1 aromatic carbocycles. The van der Waals surface area contributed by atoms with E-state index < -0.39 is 0 Å². The molecule has 0 aliphatic carbocycles. The third kappa shape index (κ3) is 3.74. The zero-order valence-electron chi connectivity index (χ0n) is 11.8. The minimum atomic E-state index is -0.258. The van der Waals surface area contributed by atoms with Crippen molar-refractivity contribution in [1.82, 2.24) is 4.98 Å². The van der Waals surface area contributed by atoms with E-state index in [2.05, 4.69) is 26.2 Å². The molecule has 110 valence electrons. The zero-order valence-corrected chi connectivity index (χ0v) is 14.2. The Morgan fingerprint density at radius 1 is 1.29 bits per heavy atom. The van der Waals surface area contributed by atoms with Crippen molar-refractivity contribution in [1.29, 1.82) is 0 Å². The van der Waals surface area contributed by atoms with E-state index in [-0.39, 0.29) is 5.91 Å². The van der Waals surface area contributed by atoms with Crippen molar-refractivity contribution < 1.29 is 9.53 Å². The van der Waals surface area contributed by atoms with Crippen LogP contribution in [0.4, 0.5) is 5.69 Å². The number of nitrogens with one attached hydrogen (secondary N) is 1. The number of anilines is 1. The molecule has 0 fully saturated rings. The van der Waals surface area contributed by atoms with E-state index >= 15 is 0 Å². The van der Waals surface area contributed by atoms with Crippen LogP contribution >= 0.6 is 27.5 Å². The molecule has 0 aliphatic rings. The van der Waals surface area contributed by atoms with Crippen molar-refractivity contribution in [2.45, 2.75) is 13.8 Å². The molecule has 21 heavy (non-hydrogen) atoms. The van der Waals surface area contributed by atoms with E-state index in [1.54, 1.807) is 26.2 Å². The number of aryl methyl sites for hydroxylation is 2. The Bertz CT molecular complexity index is 684. The van der Waals surface area contributed by atoms with Gasteiger partial charge in [0.1, 0.15) is 10.9 Å². The molecule has 2 aromatic rings. The lowest BCUT2D eigenvalue weighted by molar-refractivity contribution is 0.102. The number of hydrogen-bond donors (Lipinski definition) is 1. The molecule has 1 heterocycles. The molecule has 4 nitrogen and oxygen atoms in total. The molecular formula is C15H14BrClN2O2. The van der Waals surface area contributed by atoms with Crippen molar-refractivity contribution >= 4 is 39.1 Å². The Morgan fingerprint density at radius 3 is 2.62 bits per heavy atom. The van der Waals surface area contributed by atoms with E-state index in [9.17, 15) is 4.79 Å². The summed E-state index contributed by atoms with van der Waals surface area (Å²) in [6.45, 7) is 3.68. The van der Waals surface area contributed by atoms with Crippen LogP contribution in [-0.4, -0.2) is 18.0 Å². The zero-order chi connectivity index (χ0) is 15.6. The van der Waals surface area contributed by atoms with Crippen molar-refractivity contribution in [3.05, 3.63) is 50.7 Å². The maximum absolute atomic E-state index is 12.4. The molecular weight excluding hydrogens is 356 g/mol. The van der Waals surface area contributed by atoms with Crippen LogP contribution in [0.2, 0.25) is 5.15 Å². The SMILES string of the molecule is COc1cc(Br)cc(C)c1NC(=O)c1cc(C)nc(Cl)c1. The highest BCUT2D eigenvalue weighted by Crippen LogP contribution is 2.32. The first-order valence-corrected chi connectivity index (χ1v) is 7.37. The van der Waals surface area contributed by atoms with Gasteiger partial charge in [-0.15, -0.1) is 0 Å². The summed E-state index contributed by atoms with van der Waals surface area (Å²) in [5.74, 6) is 0.332. The van der Waals surface area contributed by atoms with Crippen LogP contribution < -0.4 is 10.1 Å². The Hall–Kier alpha value is -1.59. The molecule has 0 unspecified atom stereocenters. The molecule has 0 bridgehead atoms. The van der Waals surface area contributed by atoms with Crippen LogP contribution in [0.25, 0.3) is 0 Å². The second kappa shape index (κ2) is 6.45. The van der Waals surface area contributed by atoms with Crippen LogP contribution in [-0.2, 0) is 0 Å². The minimum absolute atomic E-state index is 0.258. The number of carbonyl (C=O) groups excluding carboxylic acids is 1. The van der Waals surface area contributed by atoms with Gasteiger partial charge >= 0.3 is 0 Å². The summed E-state index contributed by atoms with van der Waals surface area (Å²) in [7, 11) is 1.56. The fourth-order valence-corrected chi connectivity index (χ4v) is 2.78. The lowest BCUT2D eigenvalue weighted by atomic mass is 10.1. The maximum atomic E-state index is 12.4. The first-order valence-electron chi connectivity index (χ1n) is 6.20. The molecule has 0 saturated carbocycles. The van der Waals surface area contributed by atoms with Crippen LogP contribution in [0.15, 0.2) is 28.7 Å². The lowest BCUT2D eigenvalue weighted by Gasteiger charge is -2.14. The minimum Gasteiger partial charge on any atom is -0.495 e. The van der Waals surface area contributed by atoms with Crippen LogP contribution in [0.5, 0.6) is 5.75 Å². The number of ether oxygens (including phenoxy) is 1. The average Bonchev–Trinajstić information content (AvgIpc) is 2.40. The summed E-state index contributed by atoms with van der Waals surface area (Å²) in [6, 6.07) is 6.92. The summed E-state index contributed by atoms with van der Waals surface area (Å²) in [6.07, 6.45) is 0. The van der Waals surface area contributed by atoms with Crippen LogP contribution in [0.3, 0.4) is 0 Å². The Kier molecular flexibility index (Phi) is 4.85. The number of halogens is 2. The lowest BCUT2D eigenvalue weighted by Crippen LogP contribution is -2.14. The number of methoxy groups -OCH3 is 1. The number of benzene rings is 1. The van der Waals surface area contributed by atoms with Gasteiger partial charge in [0.15, 0.2) is 0 Å². The molecule has 0 atom stereocenters. The van der Waals surface area contributed by atoms with Gasteiger partial charge in [0.25, 0.3) is 5.91 Å². The number of hydrogen-bond acceptors (Lipinski definition) is 3. The molecule has 2 rings (SSSR count). The Labute approximate surface area is 136 Å². The number of nitrogens with zero attached hydrogens (tertiary/aromatic N) is 1. The number of carbonyl (C=O) groups is 1. The third-order valence-corrected chi connectivity index (χ3v) is 3.56. The van der Waals surface area contributed by atoms with Gasteiger partial charge in [0.05, 0.1) is 12.8 Å². The smallest absolute Gasteiger partial charge is 0.255 e. The van der Waals surface area contributed by atoms with E-state index in [1.165, 1.54) is 6.07 Å². The largest absolute Gasteiger partial charge is 0.495 e. The van der Waals surface area contributed by atoms with Gasteiger partial charge in [-0.2, -0.15) is 0 Å². The fourth-order valence-electron chi connectivity index (χ4n) is 1.98. The molecule has 0 saturated heterocycles. The predicted molar refractivity (Wildman–Crippen MR) is 87.4 cm³/mol. The predicted octanol–water partition coefficient (Wildman–Crippen LogP) is 4.38. The molecule has 1 aromatic heterocycles. The van der Waals surface area contributed by atoms with Gasteiger partial charge in [0, 0.05) is 15.7 Å². The topological polar surface area (TPSA) is 51.2 Å². The summed E-state index contributed by atoms with van der Waals surface area (Å²) >= 11 is 9.29. The van der Waals surface area contributed by atoms with Crippen molar-refractivity contribution in [2.75, 3.05) is 12.4 Å². The first-order chi connectivity index (χ1) is 9.90. The third-order valence-electron chi connectivity index (χ3n) is 2.91. The highest BCUT2D eigenvalue weighted by Gasteiger charge is 2.14. The van der Waals surface area contributed by atoms with E-state index in [1.807, 2.05) is 13.0 Å². The second-order valence-corrected chi connectivity index (χ2v) is 5.88. The number of rotatable bonds is 3. The van der Waals surface area contributed by atoms with E-state index in [0.717, 1.165) is 10.0 Å². The second-order valence-electron chi connectivity index (χ2n) is 4.57. The molecule has 0 radical (unpaired) electrons. The van der Waals surface area contributed by atoms with Crippen molar-refractivity contribution in [3.8, 4) is 5.75 Å². The van der Waals surface area contributed by atoms with Crippen molar-refractivity contribution in [2.24, 2.45) is 0 Å². The summed E-state index contributed by atoms with van der Waals surface area (Å²) in [5.41, 5.74) is 2.67. The normalized spacial score (nSPS) is 10.3. The number of amides is 1. The molecule has 0 spiro atoms. The van der Waals surface area contributed by atoms with Gasteiger partial charge in [-0.05, 0) is 43.7 Å². The fraction of sp³-hybridized carbons (Fsp3) is 0.200. The van der Waals surface area contributed by atoms with Gasteiger partial charge in [0.2, 0.25) is 0 Å². The van der Waals surface area contributed by atoms with Crippen LogP contribution in [0, 0.1) is 13.8 Å². The number of aromatic nitrogens is 1. The molecule has 1 N–H and O–H groups in total. The van der Waals surface area contributed by atoms with Gasteiger partial charge in [-0.25, -0.2) is 4.98 Å².